The predicted molar refractivity (Wildman–Crippen MR) is 52.6 cm³/mol. The summed E-state index contributed by atoms with van der Waals surface area (Å²) in [5.74, 6) is -1.50. The first-order valence-electron chi connectivity index (χ1n) is 4.37. The fourth-order valence-corrected chi connectivity index (χ4v) is 1.46. The van der Waals surface area contributed by atoms with Gasteiger partial charge >= 0.3 is 5.97 Å². The van der Waals surface area contributed by atoms with E-state index >= 15 is 0 Å². The van der Waals surface area contributed by atoms with Crippen LogP contribution in [0.2, 0.25) is 0 Å². The highest BCUT2D eigenvalue weighted by Crippen LogP contribution is 2.17. The Kier molecular flexibility index (Phi) is 3.90. The summed E-state index contributed by atoms with van der Waals surface area (Å²) in [6, 6.07) is -0.967. The minimum absolute atomic E-state index is 0.147. The molecule has 0 aromatic carbocycles. The van der Waals surface area contributed by atoms with E-state index in [-0.39, 0.29) is 12.5 Å². The lowest BCUT2D eigenvalue weighted by Gasteiger charge is -2.15. The van der Waals surface area contributed by atoms with Gasteiger partial charge in [-0.25, -0.2) is 4.79 Å². The molecule has 84 valence electrons. The monoisotopic (exact) mass is 234 g/mol. The summed E-state index contributed by atoms with van der Waals surface area (Å²) in [5, 5.41) is 14.9. The molecule has 0 aromatic heterocycles. The molecule has 2 atom stereocenters. The summed E-state index contributed by atoms with van der Waals surface area (Å²) in [6.45, 7) is 1.26. The number of nitrogens with one attached hydrogen (secondary N) is 1. The van der Waals surface area contributed by atoms with Crippen LogP contribution < -0.4 is 5.32 Å². The van der Waals surface area contributed by atoms with Crippen molar-refractivity contribution in [2.24, 2.45) is 5.16 Å². The van der Waals surface area contributed by atoms with Crippen LogP contribution in [0.1, 0.15) is 19.8 Å². The molecule has 1 aliphatic heterocycles. The maximum Gasteiger partial charge on any atom is 0.326 e. The van der Waals surface area contributed by atoms with E-state index in [4.69, 9.17) is 21.5 Å². The first-order valence-corrected chi connectivity index (χ1v) is 4.75. The first-order chi connectivity index (χ1) is 6.99. The second-order valence-electron chi connectivity index (χ2n) is 3.23. The molecule has 0 saturated carbocycles. The lowest BCUT2D eigenvalue weighted by molar-refractivity contribution is -0.142. The standard InChI is InChI=1S/C8H11ClN2O4/c1-4(12)10-6(8(13)14)2-5-3-7(9)11-15-5/h5-6H,2-3H2,1H3,(H,10,12)(H,13,14)/t5?,6-/m1/s1. The van der Waals surface area contributed by atoms with Gasteiger partial charge in [-0.3, -0.25) is 4.79 Å². The van der Waals surface area contributed by atoms with Crippen LogP contribution >= 0.6 is 11.6 Å². The van der Waals surface area contributed by atoms with Crippen molar-refractivity contribution in [3.8, 4) is 0 Å². The SMILES string of the molecule is CC(=O)N[C@H](CC1CC(Cl)=NO1)C(=O)O. The molecule has 0 bridgehead atoms. The number of carboxylic acids is 1. The normalized spacial score (nSPS) is 21.5. The van der Waals surface area contributed by atoms with E-state index in [0.717, 1.165) is 0 Å². The average molecular weight is 235 g/mol. The van der Waals surface area contributed by atoms with Crippen LogP contribution in [0, 0.1) is 0 Å². The number of carbonyl (C=O) groups is 2. The summed E-state index contributed by atoms with van der Waals surface area (Å²) >= 11 is 5.57. The maximum absolute atomic E-state index is 10.8. The molecular formula is C8H11ClN2O4. The van der Waals surface area contributed by atoms with Crippen molar-refractivity contribution in [2.75, 3.05) is 0 Å². The summed E-state index contributed by atoms with van der Waals surface area (Å²) < 4.78 is 0. The Morgan fingerprint density at radius 2 is 2.47 bits per heavy atom. The van der Waals surface area contributed by atoms with Crippen molar-refractivity contribution in [3.05, 3.63) is 0 Å². The van der Waals surface area contributed by atoms with Crippen LogP contribution in [0.3, 0.4) is 0 Å². The molecule has 1 heterocycles. The molecule has 1 aliphatic rings. The van der Waals surface area contributed by atoms with Gasteiger partial charge in [0.2, 0.25) is 5.91 Å². The third-order valence-electron chi connectivity index (χ3n) is 1.87. The van der Waals surface area contributed by atoms with Gasteiger partial charge in [-0.05, 0) is 0 Å². The molecule has 7 heteroatoms. The van der Waals surface area contributed by atoms with E-state index in [1.54, 1.807) is 0 Å². The molecule has 1 amide bonds. The largest absolute Gasteiger partial charge is 0.480 e. The number of hydrogen-bond donors (Lipinski definition) is 2. The molecule has 0 radical (unpaired) electrons. The number of carboxylic acid groups (broad SMARTS) is 1. The summed E-state index contributed by atoms with van der Waals surface area (Å²) in [7, 11) is 0. The zero-order valence-corrected chi connectivity index (χ0v) is 8.82. The fraction of sp³-hybridized carbons (Fsp3) is 0.625. The second-order valence-corrected chi connectivity index (χ2v) is 3.66. The van der Waals surface area contributed by atoms with Gasteiger partial charge in [0.25, 0.3) is 0 Å². The van der Waals surface area contributed by atoms with Crippen LogP contribution in [-0.4, -0.2) is 34.3 Å². The summed E-state index contributed by atoms with van der Waals surface area (Å²) in [4.78, 5) is 26.4. The van der Waals surface area contributed by atoms with Gasteiger partial charge in [0.05, 0.1) is 0 Å². The second kappa shape index (κ2) is 4.97. The molecule has 1 rings (SSSR count). The number of aliphatic carboxylic acids is 1. The van der Waals surface area contributed by atoms with E-state index < -0.39 is 17.9 Å². The van der Waals surface area contributed by atoms with Crippen molar-refractivity contribution < 1.29 is 19.5 Å². The molecule has 0 fully saturated rings. The number of amides is 1. The van der Waals surface area contributed by atoms with Gasteiger partial charge in [-0.1, -0.05) is 16.8 Å². The highest BCUT2D eigenvalue weighted by Gasteiger charge is 2.28. The quantitative estimate of drug-likeness (QED) is 0.733. The van der Waals surface area contributed by atoms with Gasteiger partial charge in [0.15, 0.2) is 0 Å². The molecule has 2 N–H and O–H groups in total. The van der Waals surface area contributed by atoms with Crippen molar-refractivity contribution in [3.63, 3.8) is 0 Å². The number of nitrogens with zero attached hydrogens (tertiary/aromatic N) is 1. The molecule has 0 saturated heterocycles. The zero-order valence-electron chi connectivity index (χ0n) is 8.07. The topological polar surface area (TPSA) is 88.0 Å². The minimum atomic E-state index is -1.10. The average Bonchev–Trinajstić information content (AvgIpc) is 2.49. The van der Waals surface area contributed by atoms with Crippen molar-refractivity contribution in [2.45, 2.75) is 31.9 Å². The van der Waals surface area contributed by atoms with Crippen molar-refractivity contribution >= 4 is 28.6 Å². The molecule has 6 nitrogen and oxygen atoms in total. The highest BCUT2D eigenvalue weighted by atomic mass is 35.5. The minimum Gasteiger partial charge on any atom is -0.480 e. The van der Waals surface area contributed by atoms with E-state index in [0.29, 0.717) is 11.6 Å². The van der Waals surface area contributed by atoms with Crippen LogP contribution in [0.25, 0.3) is 0 Å². The van der Waals surface area contributed by atoms with Crippen LogP contribution in [0.5, 0.6) is 0 Å². The lowest BCUT2D eigenvalue weighted by Crippen LogP contribution is -2.41. The molecule has 0 spiro atoms. The summed E-state index contributed by atoms with van der Waals surface area (Å²) in [6.07, 6.45) is 0.143. The fourth-order valence-electron chi connectivity index (χ4n) is 1.25. The van der Waals surface area contributed by atoms with E-state index in [2.05, 4.69) is 10.5 Å². The number of halogens is 1. The molecule has 0 aliphatic carbocycles. The molecular weight excluding hydrogens is 224 g/mol. The highest BCUT2D eigenvalue weighted by molar-refractivity contribution is 6.65. The van der Waals surface area contributed by atoms with Crippen molar-refractivity contribution in [1.29, 1.82) is 0 Å². The number of hydrogen-bond acceptors (Lipinski definition) is 4. The van der Waals surface area contributed by atoms with Gasteiger partial charge in [-0.2, -0.15) is 0 Å². The number of oxime groups is 1. The van der Waals surface area contributed by atoms with Gasteiger partial charge < -0.3 is 15.3 Å². The van der Waals surface area contributed by atoms with Gasteiger partial charge in [-0.15, -0.1) is 0 Å². The van der Waals surface area contributed by atoms with Crippen molar-refractivity contribution in [1.82, 2.24) is 5.32 Å². The Hall–Kier alpha value is -1.30. The van der Waals surface area contributed by atoms with E-state index in [1.807, 2.05) is 0 Å². The molecule has 1 unspecified atom stereocenters. The smallest absolute Gasteiger partial charge is 0.326 e. The lowest BCUT2D eigenvalue weighted by atomic mass is 10.1. The molecule has 15 heavy (non-hydrogen) atoms. The van der Waals surface area contributed by atoms with Gasteiger partial charge in [0, 0.05) is 19.8 Å². The van der Waals surface area contributed by atoms with Gasteiger partial charge in [0.1, 0.15) is 17.3 Å². The Morgan fingerprint density at radius 3 is 2.87 bits per heavy atom. The summed E-state index contributed by atoms with van der Waals surface area (Å²) in [5.41, 5.74) is 0. The Balaban J connectivity index is 2.45. The Bertz CT molecular complexity index is 305. The zero-order chi connectivity index (χ0) is 11.4. The third-order valence-corrected chi connectivity index (χ3v) is 2.09. The van der Waals surface area contributed by atoms with Crippen LogP contribution in [-0.2, 0) is 14.4 Å². The van der Waals surface area contributed by atoms with E-state index in [9.17, 15) is 9.59 Å². The third kappa shape index (κ3) is 3.75. The van der Waals surface area contributed by atoms with E-state index in [1.165, 1.54) is 6.92 Å². The number of rotatable bonds is 4. The maximum atomic E-state index is 10.8. The van der Waals surface area contributed by atoms with Crippen LogP contribution in [0.4, 0.5) is 0 Å². The van der Waals surface area contributed by atoms with Crippen LogP contribution in [0.15, 0.2) is 5.16 Å². The number of carbonyl (C=O) groups excluding carboxylic acids is 1. The Labute approximate surface area is 91.2 Å². The Morgan fingerprint density at radius 1 is 1.80 bits per heavy atom. The first kappa shape index (κ1) is 11.8. The predicted octanol–water partition coefficient (Wildman–Crippen LogP) is 0.307. The molecule has 0 aromatic rings.